The Balaban J connectivity index is 1.88. The number of carbonyl (C=O) groups is 2. The molecule has 2 aromatic rings. The summed E-state index contributed by atoms with van der Waals surface area (Å²) >= 11 is 0. The number of ether oxygens (including phenoxy) is 1. The number of halogens is 1. The first-order valence-electron chi connectivity index (χ1n) is 8.74. The molecule has 0 aliphatic rings. The fourth-order valence-electron chi connectivity index (χ4n) is 2.67. The SMILES string of the molecule is CC[C@@H](C)[C@H](C(=O)OCC(=O)NCc1ccc(F)cc1)c1ccccc1. The minimum absolute atomic E-state index is 0.104. The maximum Gasteiger partial charge on any atom is 0.314 e. The number of amides is 1. The van der Waals surface area contributed by atoms with Crippen molar-refractivity contribution in [3.8, 4) is 0 Å². The second kappa shape index (κ2) is 9.70. The van der Waals surface area contributed by atoms with Gasteiger partial charge in [-0.15, -0.1) is 0 Å². The molecule has 0 heterocycles. The molecule has 0 saturated heterocycles. The third-order valence-corrected chi connectivity index (χ3v) is 4.37. The van der Waals surface area contributed by atoms with E-state index in [2.05, 4.69) is 5.32 Å². The van der Waals surface area contributed by atoms with Crippen LogP contribution in [-0.4, -0.2) is 18.5 Å². The maximum atomic E-state index is 12.9. The molecule has 0 fully saturated rings. The van der Waals surface area contributed by atoms with E-state index in [4.69, 9.17) is 4.74 Å². The van der Waals surface area contributed by atoms with Crippen LogP contribution in [0.15, 0.2) is 54.6 Å². The first-order chi connectivity index (χ1) is 12.5. The lowest BCUT2D eigenvalue weighted by Crippen LogP contribution is -2.30. The van der Waals surface area contributed by atoms with Crippen LogP contribution in [0.25, 0.3) is 0 Å². The van der Waals surface area contributed by atoms with Gasteiger partial charge in [0.25, 0.3) is 5.91 Å². The Morgan fingerprint density at radius 3 is 2.35 bits per heavy atom. The third-order valence-electron chi connectivity index (χ3n) is 4.37. The molecule has 2 atom stereocenters. The van der Waals surface area contributed by atoms with Crippen LogP contribution in [0.1, 0.15) is 37.3 Å². The van der Waals surface area contributed by atoms with Gasteiger partial charge in [0.15, 0.2) is 6.61 Å². The van der Waals surface area contributed by atoms with Gasteiger partial charge in [0.2, 0.25) is 0 Å². The standard InChI is InChI=1S/C21H24FNO3/c1-3-15(2)20(17-7-5-4-6-8-17)21(25)26-14-19(24)23-13-16-9-11-18(22)12-10-16/h4-12,15,20H,3,13-14H2,1-2H3,(H,23,24)/t15-,20+/m1/s1. The molecule has 0 unspecified atom stereocenters. The van der Waals surface area contributed by atoms with Gasteiger partial charge in [-0.25, -0.2) is 4.39 Å². The second-order valence-corrected chi connectivity index (χ2v) is 6.28. The summed E-state index contributed by atoms with van der Waals surface area (Å²) in [5.41, 5.74) is 1.66. The van der Waals surface area contributed by atoms with E-state index in [0.29, 0.717) is 0 Å². The molecule has 0 saturated carbocycles. The third kappa shape index (κ3) is 5.69. The first kappa shape index (κ1) is 19.6. The predicted molar refractivity (Wildman–Crippen MR) is 97.8 cm³/mol. The van der Waals surface area contributed by atoms with Crippen LogP contribution in [-0.2, 0) is 20.9 Å². The van der Waals surface area contributed by atoms with Gasteiger partial charge in [0.1, 0.15) is 5.82 Å². The van der Waals surface area contributed by atoms with Gasteiger partial charge in [0, 0.05) is 6.54 Å². The molecule has 4 nitrogen and oxygen atoms in total. The number of rotatable bonds is 8. The Labute approximate surface area is 153 Å². The fraction of sp³-hybridized carbons (Fsp3) is 0.333. The number of carbonyl (C=O) groups excluding carboxylic acids is 2. The molecule has 0 spiro atoms. The highest BCUT2D eigenvalue weighted by molar-refractivity contribution is 5.83. The Kier molecular flexibility index (Phi) is 7.33. The molecule has 0 radical (unpaired) electrons. The Morgan fingerprint density at radius 2 is 1.73 bits per heavy atom. The molecule has 5 heteroatoms. The fourth-order valence-corrected chi connectivity index (χ4v) is 2.67. The monoisotopic (exact) mass is 357 g/mol. The summed E-state index contributed by atoms with van der Waals surface area (Å²) in [7, 11) is 0. The van der Waals surface area contributed by atoms with Crippen molar-refractivity contribution < 1.29 is 18.7 Å². The van der Waals surface area contributed by atoms with Crippen molar-refractivity contribution in [3.63, 3.8) is 0 Å². The average molecular weight is 357 g/mol. The molecular formula is C21H24FNO3. The molecular weight excluding hydrogens is 333 g/mol. The summed E-state index contributed by atoms with van der Waals surface area (Å²) in [4.78, 5) is 24.4. The van der Waals surface area contributed by atoms with Crippen LogP contribution in [0.2, 0.25) is 0 Å². The van der Waals surface area contributed by atoms with Crippen LogP contribution >= 0.6 is 0 Å². The zero-order valence-corrected chi connectivity index (χ0v) is 15.1. The number of hydrogen-bond donors (Lipinski definition) is 1. The molecule has 2 aromatic carbocycles. The molecule has 1 amide bonds. The van der Waals surface area contributed by atoms with E-state index in [1.54, 1.807) is 12.1 Å². The molecule has 0 aliphatic heterocycles. The zero-order chi connectivity index (χ0) is 18.9. The number of benzene rings is 2. The quantitative estimate of drug-likeness (QED) is 0.731. The van der Waals surface area contributed by atoms with Crippen LogP contribution in [0, 0.1) is 11.7 Å². The van der Waals surface area contributed by atoms with Crippen molar-refractivity contribution >= 4 is 11.9 Å². The van der Waals surface area contributed by atoms with Crippen molar-refractivity contribution in [2.45, 2.75) is 32.7 Å². The number of nitrogens with one attached hydrogen (secondary N) is 1. The minimum Gasteiger partial charge on any atom is -0.455 e. The smallest absolute Gasteiger partial charge is 0.314 e. The van der Waals surface area contributed by atoms with Gasteiger partial charge in [0.05, 0.1) is 5.92 Å². The number of esters is 1. The van der Waals surface area contributed by atoms with Gasteiger partial charge in [-0.05, 0) is 29.2 Å². The van der Waals surface area contributed by atoms with Gasteiger partial charge in [-0.1, -0.05) is 62.7 Å². The van der Waals surface area contributed by atoms with Crippen LogP contribution in [0.4, 0.5) is 4.39 Å². The predicted octanol–water partition coefficient (Wildman–Crippen LogP) is 3.82. The van der Waals surface area contributed by atoms with E-state index in [-0.39, 0.29) is 24.9 Å². The highest BCUT2D eigenvalue weighted by atomic mass is 19.1. The van der Waals surface area contributed by atoms with Crippen molar-refractivity contribution in [3.05, 3.63) is 71.5 Å². The van der Waals surface area contributed by atoms with E-state index in [1.165, 1.54) is 12.1 Å². The Bertz CT molecular complexity index is 716. The van der Waals surface area contributed by atoms with Crippen molar-refractivity contribution in [1.29, 1.82) is 0 Å². The summed E-state index contributed by atoms with van der Waals surface area (Å²) in [5.74, 6) is -1.41. The van der Waals surface area contributed by atoms with Gasteiger partial charge < -0.3 is 10.1 Å². The van der Waals surface area contributed by atoms with E-state index in [1.807, 2.05) is 44.2 Å². The topological polar surface area (TPSA) is 55.4 Å². The Hall–Kier alpha value is -2.69. The summed E-state index contributed by atoms with van der Waals surface area (Å²) in [6.07, 6.45) is 0.825. The lowest BCUT2D eigenvalue weighted by atomic mass is 9.86. The molecule has 0 aliphatic carbocycles. The van der Waals surface area contributed by atoms with E-state index in [9.17, 15) is 14.0 Å². The minimum atomic E-state index is -0.400. The lowest BCUT2D eigenvalue weighted by molar-refractivity contribution is -0.151. The van der Waals surface area contributed by atoms with Gasteiger partial charge in [-0.3, -0.25) is 9.59 Å². The zero-order valence-electron chi connectivity index (χ0n) is 15.1. The van der Waals surface area contributed by atoms with E-state index >= 15 is 0 Å². The second-order valence-electron chi connectivity index (χ2n) is 6.28. The molecule has 2 rings (SSSR count). The number of hydrogen-bond acceptors (Lipinski definition) is 3. The summed E-state index contributed by atoms with van der Waals surface area (Å²) in [5, 5.41) is 2.66. The maximum absolute atomic E-state index is 12.9. The first-order valence-corrected chi connectivity index (χ1v) is 8.74. The highest BCUT2D eigenvalue weighted by Crippen LogP contribution is 2.28. The largest absolute Gasteiger partial charge is 0.455 e. The van der Waals surface area contributed by atoms with Crippen molar-refractivity contribution in [1.82, 2.24) is 5.32 Å². The average Bonchev–Trinajstić information content (AvgIpc) is 2.66. The van der Waals surface area contributed by atoms with Gasteiger partial charge in [-0.2, -0.15) is 0 Å². The molecule has 0 bridgehead atoms. The summed E-state index contributed by atoms with van der Waals surface area (Å²) < 4.78 is 18.1. The van der Waals surface area contributed by atoms with E-state index in [0.717, 1.165) is 17.5 Å². The molecule has 138 valence electrons. The normalized spacial score (nSPS) is 12.9. The van der Waals surface area contributed by atoms with Crippen molar-refractivity contribution in [2.24, 2.45) is 5.92 Å². The van der Waals surface area contributed by atoms with Gasteiger partial charge >= 0.3 is 5.97 Å². The Morgan fingerprint density at radius 1 is 1.08 bits per heavy atom. The highest BCUT2D eigenvalue weighted by Gasteiger charge is 2.27. The van der Waals surface area contributed by atoms with E-state index < -0.39 is 17.8 Å². The van der Waals surface area contributed by atoms with Crippen LogP contribution in [0.5, 0.6) is 0 Å². The summed E-state index contributed by atoms with van der Waals surface area (Å²) in [6, 6.07) is 15.3. The molecule has 26 heavy (non-hydrogen) atoms. The van der Waals surface area contributed by atoms with Crippen molar-refractivity contribution in [2.75, 3.05) is 6.61 Å². The lowest BCUT2D eigenvalue weighted by Gasteiger charge is -2.21. The van der Waals surface area contributed by atoms with Crippen LogP contribution in [0.3, 0.4) is 0 Å². The van der Waals surface area contributed by atoms with Crippen LogP contribution < -0.4 is 5.32 Å². The molecule has 1 N–H and O–H groups in total. The summed E-state index contributed by atoms with van der Waals surface area (Å²) in [6.45, 7) is 3.93. The molecule has 0 aromatic heterocycles.